The number of hydrogen-bond acceptors (Lipinski definition) is 3. The van der Waals surface area contributed by atoms with Gasteiger partial charge in [0, 0.05) is 12.8 Å². The van der Waals surface area contributed by atoms with Crippen LogP contribution in [0.4, 0.5) is 0 Å². The number of rotatable bonds is 5. The molecule has 3 nitrogen and oxygen atoms in total. The van der Waals surface area contributed by atoms with Crippen molar-refractivity contribution in [3.8, 4) is 11.5 Å². The Balaban J connectivity index is 1.65. The van der Waals surface area contributed by atoms with Crippen molar-refractivity contribution in [2.45, 2.75) is 12.8 Å². The molecule has 0 N–H and O–H groups in total. The van der Waals surface area contributed by atoms with Crippen LogP contribution in [-0.4, -0.2) is 19.5 Å². The second-order valence-electron chi connectivity index (χ2n) is 4.92. The minimum atomic E-state index is 0.531. The Labute approximate surface area is 132 Å². The van der Waals surface area contributed by atoms with Gasteiger partial charge in [-0.3, -0.25) is 4.79 Å². The minimum absolute atomic E-state index is 0.531. The fraction of sp³-hybridized carbons (Fsp3) is 0.235. The average molecular weight is 347 g/mol. The first kappa shape index (κ1) is 14.1. The molecule has 1 aliphatic rings. The Bertz CT molecular complexity index is 667. The lowest BCUT2D eigenvalue weighted by molar-refractivity contribution is 0.111. The van der Waals surface area contributed by atoms with Gasteiger partial charge in [0.2, 0.25) is 0 Å². The zero-order chi connectivity index (χ0) is 14.7. The summed E-state index contributed by atoms with van der Waals surface area (Å²) in [5.41, 5.74) is 3.05. The van der Waals surface area contributed by atoms with E-state index < -0.39 is 0 Å². The van der Waals surface area contributed by atoms with Crippen molar-refractivity contribution in [2.75, 3.05) is 13.2 Å². The van der Waals surface area contributed by atoms with Gasteiger partial charge in [-0.15, -0.1) is 0 Å². The Hall–Kier alpha value is -1.81. The van der Waals surface area contributed by atoms with Gasteiger partial charge < -0.3 is 9.47 Å². The van der Waals surface area contributed by atoms with E-state index in [1.54, 1.807) is 6.07 Å². The molecule has 1 heterocycles. The number of aldehydes is 1. The fourth-order valence-electron chi connectivity index (χ4n) is 2.44. The van der Waals surface area contributed by atoms with E-state index in [0.717, 1.165) is 36.0 Å². The number of hydrogen-bond donors (Lipinski definition) is 0. The summed E-state index contributed by atoms with van der Waals surface area (Å²) in [4.78, 5) is 11.0. The van der Waals surface area contributed by atoms with E-state index in [2.05, 4.69) is 28.1 Å². The molecular formula is C17H15BrO3. The van der Waals surface area contributed by atoms with Crippen molar-refractivity contribution in [1.29, 1.82) is 0 Å². The second-order valence-corrected chi connectivity index (χ2v) is 5.77. The Morgan fingerprint density at radius 2 is 2.19 bits per heavy atom. The van der Waals surface area contributed by atoms with E-state index in [4.69, 9.17) is 9.47 Å². The highest BCUT2D eigenvalue weighted by atomic mass is 79.9. The monoisotopic (exact) mass is 346 g/mol. The molecule has 0 unspecified atom stereocenters. The minimum Gasteiger partial charge on any atom is -0.493 e. The molecule has 0 saturated carbocycles. The first-order valence-electron chi connectivity index (χ1n) is 6.89. The summed E-state index contributed by atoms with van der Waals surface area (Å²) in [6.45, 7) is 1.30. The molecule has 3 rings (SSSR count). The van der Waals surface area contributed by atoms with Gasteiger partial charge in [-0.05, 0) is 45.3 Å². The molecular weight excluding hydrogens is 332 g/mol. The van der Waals surface area contributed by atoms with E-state index in [1.165, 1.54) is 11.1 Å². The first-order chi connectivity index (χ1) is 10.3. The smallest absolute Gasteiger partial charge is 0.153 e. The number of para-hydroxylation sites is 1. The van der Waals surface area contributed by atoms with Gasteiger partial charge in [0.05, 0.1) is 23.2 Å². The van der Waals surface area contributed by atoms with Gasteiger partial charge in [0.25, 0.3) is 0 Å². The summed E-state index contributed by atoms with van der Waals surface area (Å²) in [5.74, 6) is 1.60. The predicted octanol–water partition coefficient (Wildman–Crippen LogP) is 3.82. The van der Waals surface area contributed by atoms with Gasteiger partial charge in [-0.25, -0.2) is 0 Å². The fourth-order valence-corrected chi connectivity index (χ4v) is 2.93. The molecule has 0 bridgehead atoms. The van der Waals surface area contributed by atoms with Crippen molar-refractivity contribution in [2.24, 2.45) is 0 Å². The van der Waals surface area contributed by atoms with Crippen LogP contribution in [0.1, 0.15) is 21.5 Å². The molecule has 0 aromatic heterocycles. The topological polar surface area (TPSA) is 35.5 Å². The molecule has 21 heavy (non-hydrogen) atoms. The highest BCUT2D eigenvalue weighted by molar-refractivity contribution is 9.10. The summed E-state index contributed by atoms with van der Waals surface area (Å²) >= 11 is 3.41. The Morgan fingerprint density at radius 3 is 3.05 bits per heavy atom. The van der Waals surface area contributed by atoms with Crippen molar-refractivity contribution < 1.29 is 14.3 Å². The van der Waals surface area contributed by atoms with E-state index in [9.17, 15) is 4.79 Å². The lowest BCUT2D eigenvalue weighted by Crippen LogP contribution is -2.04. The Morgan fingerprint density at radius 1 is 1.29 bits per heavy atom. The number of carbonyl (C=O) groups excluding carboxylic acids is 1. The summed E-state index contributed by atoms with van der Waals surface area (Å²) in [5, 5.41) is 0. The number of fused-ring (bicyclic) bond motifs is 1. The summed E-state index contributed by atoms with van der Waals surface area (Å²) in [7, 11) is 0. The number of halogens is 1. The predicted molar refractivity (Wildman–Crippen MR) is 84.4 cm³/mol. The third-order valence-electron chi connectivity index (χ3n) is 3.52. The molecule has 1 aliphatic heterocycles. The average Bonchev–Trinajstić information content (AvgIpc) is 2.96. The highest BCUT2D eigenvalue weighted by Crippen LogP contribution is 2.29. The normalized spacial score (nSPS) is 12.6. The van der Waals surface area contributed by atoms with Gasteiger partial charge >= 0.3 is 0 Å². The first-order valence-corrected chi connectivity index (χ1v) is 7.68. The van der Waals surface area contributed by atoms with Crippen LogP contribution in [-0.2, 0) is 12.8 Å². The molecule has 0 atom stereocenters. The molecule has 0 saturated heterocycles. The number of ether oxygens (including phenoxy) is 2. The third-order valence-corrected chi connectivity index (χ3v) is 4.14. The van der Waals surface area contributed by atoms with E-state index in [0.29, 0.717) is 17.9 Å². The molecule has 0 fully saturated rings. The summed E-state index contributed by atoms with van der Waals surface area (Å²) in [6, 6.07) is 11.7. The zero-order valence-electron chi connectivity index (χ0n) is 11.5. The van der Waals surface area contributed by atoms with Crippen molar-refractivity contribution in [3.63, 3.8) is 0 Å². The van der Waals surface area contributed by atoms with Crippen molar-refractivity contribution in [3.05, 3.63) is 57.6 Å². The van der Waals surface area contributed by atoms with Crippen LogP contribution >= 0.6 is 15.9 Å². The molecule has 108 valence electrons. The molecule has 0 aliphatic carbocycles. The van der Waals surface area contributed by atoms with Crippen LogP contribution < -0.4 is 9.47 Å². The van der Waals surface area contributed by atoms with Gasteiger partial charge in [0.1, 0.15) is 11.5 Å². The third kappa shape index (κ3) is 3.10. The summed E-state index contributed by atoms with van der Waals surface area (Å²) < 4.78 is 12.1. The van der Waals surface area contributed by atoms with E-state index in [-0.39, 0.29) is 0 Å². The lowest BCUT2D eigenvalue weighted by Gasteiger charge is -2.10. The van der Waals surface area contributed by atoms with Crippen LogP contribution in [0.15, 0.2) is 40.9 Å². The van der Waals surface area contributed by atoms with Crippen LogP contribution in [0.5, 0.6) is 11.5 Å². The van der Waals surface area contributed by atoms with Gasteiger partial charge in [0.15, 0.2) is 6.29 Å². The molecule has 0 spiro atoms. The van der Waals surface area contributed by atoms with Crippen molar-refractivity contribution >= 4 is 22.2 Å². The number of carbonyl (C=O) groups is 1. The largest absolute Gasteiger partial charge is 0.493 e. The maximum Gasteiger partial charge on any atom is 0.153 e. The SMILES string of the molecule is O=Cc1cccc(Br)c1OCCc1ccc2c(c1)CCO2. The number of benzene rings is 2. The van der Waals surface area contributed by atoms with Gasteiger partial charge in [-0.2, -0.15) is 0 Å². The quantitative estimate of drug-likeness (QED) is 0.772. The molecule has 2 aromatic rings. The lowest BCUT2D eigenvalue weighted by atomic mass is 10.1. The maximum absolute atomic E-state index is 11.0. The molecule has 2 aromatic carbocycles. The standard InChI is InChI=1S/C17H15BrO3/c18-15-3-1-2-14(11-19)17(15)21-8-6-12-4-5-16-13(10-12)7-9-20-16/h1-5,10-11H,6-9H2. The van der Waals surface area contributed by atoms with E-state index in [1.807, 2.05) is 18.2 Å². The van der Waals surface area contributed by atoms with Crippen LogP contribution in [0.3, 0.4) is 0 Å². The maximum atomic E-state index is 11.0. The molecule has 0 amide bonds. The summed E-state index contributed by atoms with van der Waals surface area (Å²) in [6.07, 6.45) is 2.59. The van der Waals surface area contributed by atoms with E-state index >= 15 is 0 Å². The second kappa shape index (κ2) is 6.31. The zero-order valence-corrected chi connectivity index (χ0v) is 13.1. The van der Waals surface area contributed by atoms with Crippen LogP contribution in [0, 0.1) is 0 Å². The van der Waals surface area contributed by atoms with Gasteiger partial charge in [-0.1, -0.05) is 18.2 Å². The molecule has 0 radical (unpaired) electrons. The Kier molecular flexibility index (Phi) is 4.25. The molecule has 4 heteroatoms. The highest BCUT2D eigenvalue weighted by Gasteiger charge is 2.12. The van der Waals surface area contributed by atoms with Crippen LogP contribution in [0.2, 0.25) is 0 Å². The van der Waals surface area contributed by atoms with Crippen molar-refractivity contribution in [1.82, 2.24) is 0 Å². The van der Waals surface area contributed by atoms with Crippen LogP contribution in [0.25, 0.3) is 0 Å².